The number of rotatable bonds is 8. The Morgan fingerprint density at radius 3 is 2.38 bits per heavy atom. The highest BCUT2D eigenvalue weighted by Gasteiger charge is 2.40. The van der Waals surface area contributed by atoms with Gasteiger partial charge in [-0.25, -0.2) is 0 Å². The van der Waals surface area contributed by atoms with Crippen LogP contribution in [0.2, 0.25) is 0 Å². The lowest BCUT2D eigenvalue weighted by Crippen LogP contribution is -2.19. The number of fused-ring (bicyclic) bond motifs is 1. The minimum absolute atomic E-state index is 0.235. The van der Waals surface area contributed by atoms with Gasteiger partial charge in [0.05, 0.1) is 0 Å². The topological polar surface area (TPSA) is 0 Å². The largest absolute Gasteiger partial charge is 0.112 e. The maximum absolute atomic E-state index is 4.39. The molecule has 1 atom stereocenters. The van der Waals surface area contributed by atoms with E-state index in [1.807, 2.05) is 6.08 Å². The molecule has 0 spiro atoms. The average Bonchev–Trinajstić information content (AvgIpc) is 3.75. The van der Waals surface area contributed by atoms with Gasteiger partial charge in [0.1, 0.15) is 0 Å². The molecular formula is C44H39P. The summed E-state index contributed by atoms with van der Waals surface area (Å²) in [6, 6.07) is 17.2. The zero-order chi connectivity index (χ0) is 31.6. The minimum Gasteiger partial charge on any atom is -0.112 e. The zero-order valence-electron chi connectivity index (χ0n) is 26.7. The van der Waals surface area contributed by atoms with Crippen molar-refractivity contribution in [2.75, 3.05) is 6.16 Å². The highest BCUT2D eigenvalue weighted by Crippen LogP contribution is 2.60. The molecule has 0 amide bonds. The molecule has 0 aliphatic heterocycles. The lowest BCUT2D eigenvalue weighted by molar-refractivity contribution is 0.575. The number of hydrogen-bond acceptors (Lipinski definition) is 0. The third kappa shape index (κ3) is 6.02. The fourth-order valence-corrected chi connectivity index (χ4v) is 9.04. The molecule has 0 nitrogen and oxygen atoms in total. The molecular weight excluding hydrogens is 559 g/mol. The van der Waals surface area contributed by atoms with Gasteiger partial charge in [0.15, 0.2) is 0 Å². The molecule has 220 valence electrons. The van der Waals surface area contributed by atoms with Crippen LogP contribution in [-0.4, -0.2) is 6.16 Å². The van der Waals surface area contributed by atoms with Crippen LogP contribution in [0.4, 0.5) is 0 Å². The number of allylic oxidation sites excluding steroid dienone is 20. The van der Waals surface area contributed by atoms with E-state index in [1.165, 1.54) is 54.8 Å². The summed E-state index contributed by atoms with van der Waals surface area (Å²) in [6.07, 6.45) is 29.0. The summed E-state index contributed by atoms with van der Waals surface area (Å²) in [6.45, 7) is 17.9. The number of aryl methyl sites for hydroxylation is 1. The van der Waals surface area contributed by atoms with E-state index < -0.39 is 7.92 Å². The smallest absolute Gasteiger partial charge is 0.0244 e. The van der Waals surface area contributed by atoms with Crippen molar-refractivity contribution >= 4 is 25.3 Å². The second-order valence-corrected chi connectivity index (χ2v) is 14.5. The molecule has 0 N–H and O–H groups in total. The Morgan fingerprint density at radius 2 is 1.64 bits per heavy atom. The first kappa shape index (κ1) is 30.3. The summed E-state index contributed by atoms with van der Waals surface area (Å²) < 4.78 is 0. The Kier molecular flexibility index (Phi) is 8.59. The van der Waals surface area contributed by atoms with E-state index in [9.17, 15) is 0 Å². The van der Waals surface area contributed by atoms with E-state index in [4.69, 9.17) is 0 Å². The first-order valence-corrected chi connectivity index (χ1v) is 17.1. The second kappa shape index (κ2) is 12.7. The van der Waals surface area contributed by atoms with Crippen LogP contribution in [0.15, 0.2) is 184 Å². The molecule has 0 saturated heterocycles. The number of benzene rings is 2. The normalized spacial score (nSPS) is 22.3. The highest BCUT2D eigenvalue weighted by atomic mass is 31.1. The standard InChI is InChI=1S/C44H39P/c1-7-41-40(43(34-20-13-14-21-34)42(44(41,5)6)27-33(4)39-25-17-12-19-32(39)3)30-45(37-24-11-9-8-10-18-31(2)26-37)38-28-35-22-15-16-23-36(35)29-38/h7-20,22-28H,1-2,30H2,3-6H3/b9-8-,18-10-,24-11-,33-27+,37-26+. The number of hydrogen-bond donors (Lipinski definition) is 0. The van der Waals surface area contributed by atoms with Crippen molar-refractivity contribution in [3.05, 3.63) is 206 Å². The van der Waals surface area contributed by atoms with E-state index in [0.29, 0.717) is 0 Å². The molecule has 0 heterocycles. The van der Waals surface area contributed by atoms with Crippen molar-refractivity contribution in [2.24, 2.45) is 5.41 Å². The van der Waals surface area contributed by atoms with Gasteiger partial charge in [0.2, 0.25) is 0 Å². The van der Waals surface area contributed by atoms with Crippen LogP contribution in [0.5, 0.6) is 0 Å². The molecule has 0 bridgehead atoms. The lowest BCUT2D eigenvalue weighted by Gasteiger charge is -2.25. The van der Waals surface area contributed by atoms with Crippen LogP contribution < -0.4 is 10.4 Å². The molecule has 2 aromatic rings. The third-order valence-corrected chi connectivity index (χ3v) is 11.3. The molecule has 6 rings (SSSR count). The van der Waals surface area contributed by atoms with E-state index >= 15 is 0 Å². The van der Waals surface area contributed by atoms with Gasteiger partial charge in [-0.15, -0.1) is 11.5 Å². The third-order valence-electron chi connectivity index (χ3n) is 8.92. The van der Waals surface area contributed by atoms with Gasteiger partial charge in [-0.1, -0.05) is 124 Å². The van der Waals surface area contributed by atoms with Crippen molar-refractivity contribution in [1.29, 1.82) is 0 Å². The van der Waals surface area contributed by atoms with Gasteiger partial charge < -0.3 is 0 Å². The maximum atomic E-state index is 4.39. The second-order valence-electron chi connectivity index (χ2n) is 12.3. The summed E-state index contributed by atoms with van der Waals surface area (Å²) in [5.41, 5.74) is 18.3. The Labute approximate surface area is 269 Å². The van der Waals surface area contributed by atoms with Crippen molar-refractivity contribution in [3.63, 3.8) is 0 Å². The summed E-state index contributed by atoms with van der Waals surface area (Å²) >= 11 is 0. The Morgan fingerprint density at radius 1 is 0.889 bits per heavy atom. The van der Waals surface area contributed by atoms with E-state index in [1.54, 1.807) is 0 Å². The van der Waals surface area contributed by atoms with Crippen LogP contribution in [0.3, 0.4) is 0 Å². The fourth-order valence-electron chi connectivity index (χ4n) is 6.62. The summed E-state index contributed by atoms with van der Waals surface area (Å²) in [7, 11) is -0.848. The van der Waals surface area contributed by atoms with Gasteiger partial charge in [-0.2, -0.15) is 0 Å². The van der Waals surface area contributed by atoms with Crippen LogP contribution >= 0.6 is 7.92 Å². The summed E-state index contributed by atoms with van der Waals surface area (Å²) in [5, 5.41) is 4.92. The summed E-state index contributed by atoms with van der Waals surface area (Å²) in [5.74, 6) is 0. The van der Waals surface area contributed by atoms with E-state index in [-0.39, 0.29) is 5.41 Å². The molecule has 2 aromatic carbocycles. The molecule has 0 fully saturated rings. The molecule has 0 saturated carbocycles. The van der Waals surface area contributed by atoms with Crippen LogP contribution in [-0.2, 0) is 0 Å². The Hall–Kier alpha value is -4.69. The Balaban J connectivity index is 1.57. The first-order valence-electron chi connectivity index (χ1n) is 15.5. The van der Waals surface area contributed by atoms with Crippen molar-refractivity contribution in [3.8, 4) is 0 Å². The monoisotopic (exact) mass is 598 g/mol. The van der Waals surface area contributed by atoms with Gasteiger partial charge in [0.25, 0.3) is 0 Å². The molecule has 1 unspecified atom stereocenters. The first-order chi connectivity index (χ1) is 21.8. The van der Waals surface area contributed by atoms with Gasteiger partial charge in [-0.05, 0) is 107 Å². The zero-order valence-corrected chi connectivity index (χ0v) is 27.6. The van der Waals surface area contributed by atoms with Gasteiger partial charge in [-0.3, -0.25) is 0 Å². The molecule has 4 aliphatic rings. The van der Waals surface area contributed by atoms with E-state index in [0.717, 1.165) is 22.5 Å². The van der Waals surface area contributed by atoms with Gasteiger partial charge in [0, 0.05) is 27.7 Å². The summed E-state index contributed by atoms with van der Waals surface area (Å²) in [4.78, 5) is 0. The van der Waals surface area contributed by atoms with Crippen LogP contribution in [0, 0.1) is 12.3 Å². The lowest BCUT2D eigenvalue weighted by atomic mass is 9.78. The molecule has 0 aromatic heterocycles. The fraction of sp³-hybridized carbons (Fsp3) is 0.136. The van der Waals surface area contributed by atoms with Crippen LogP contribution in [0.1, 0.15) is 31.9 Å². The molecule has 1 heteroatoms. The molecule has 4 aliphatic carbocycles. The molecule has 0 radical (unpaired) electrons. The molecule has 45 heavy (non-hydrogen) atoms. The SMILES string of the molecule is C=CC1=C(CP(C2=C=c3ccccc3=C2)C2=C\C(=C)\C=C/C=C\C=C/2)C(C2=C=CC=C2)=C(/C=C(\C)c2ccccc2C)C1(C)C. The van der Waals surface area contributed by atoms with E-state index in [2.05, 4.69) is 174 Å². The maximum Gasteiger partial charge on any atom is 0.0244 e. The van der Waals surface area contributed by atoms with Crippen LogP contribution in [0.25, 0.3) is 17.4 Å². The van der Waals surface area contributed by atoms with Crippen molar-refractivity contribution < 1.29 is 0 Å². The van der Waals surface area contributed by atoms with Crippen molar-refractivity contribution in [1.82, 2.24) is 0 Å². The Bertz CT molecular complexity index is 2110. The quantitative estimate of drug-likeness (QED) is 0.210. The van der Waals surface area contributed by atoms with Crippen molar-refractivity contribution in [2.45, 2.75) is 27.7 Å². The highest BCUT2D eigenvalue weighted by molar-refractivity contribution is 7.67. The minimum atomic E-state index is -0.848. The predicted molar refractivity (Wildman–Crippen MR) is 197 cm³/mol. The average molecular weight is 599 g/mol. The predicted octanol–water partition coefficient (Wildman–Crippen LogP) is 10.2. The van der Waals surface area contributed by atoms with Gasteiger partial charge >= 0.3 is 0 Å².